The smallest absolute Gasteiger partial charge is 0.136 e. The standard InChI is InChI=1S/C16H19N3O/c1-11-5-3-8-18-16(11)15-10-12(20)9-14(19(15)2)13-6-4-7-17-13/h3-5,7-8,14-15H,6,9-10H2,1-2H3. The molecule has 1 saturated heterocycles. The molecular formula is C16H19N3O. The number of carbonyl (C=O) groups is 1. The molecule has 3 heterocycles. The summed E-state index contributed by atoms with van der Waals surface area (Å²) in [4.78, 5) is 23.3. The minimum absolute atomic E-state index is 0.0609. The number of piperidine rings is 1. The molecule has 0 aliphatic carbocycles. The Bertz CT molecular complexity index is 591. The van der Waals surface area contributed by atoms with Crippen molar-refractivity contribution in [2.24, 2.45) is 4.99 Å². The highest BCUT2D eigenvalue weighted by molar-refractivity contribution is 5.97. The van der Waals surface area contributed by atoms with E-state index in [1.54, 1.807) is 6.20 Å². The van der Waals surface area contributed by atoms with E-state index in [1.165, 1.54) is 0 Å². The quantitative estimate of drug-likeness (QED) is 0.828. The van der Waals surface area contributed by atoms with E-state index < -0.39 is 0 Å². The van der Waals surface area contributed by atoms with Gasteiger partial charge in [0.15, 0.2) is 0 Å². The Hall–Kier alpha value is -1.81. The fourth-order valence-electron chi connectivity index (χ4n) is 3.11. The number of carbonyl (C=O) groups excluding carboxylic acids is 1. The van der Waals surface area contributed by atoms with Crippen molar-refractivity contribution >= 4 is 11.5 Å². The molecule has 104 valence electrons. The van der Waals surface area contributed by atoms with E-state index in [0.717, 1.165) is 23.4 Å². The van der Waals surface area contributed by atoms with Gasteiger partial charge in [-0.1, -0.05) is 12.1 Å². The van der Waals surface area contributed by atoms with Crippen LogP contribution in [-0.4, -0.2) is 34.5 Å². The number of likely N-dealkylation sites (tertiary alicyclic amines) is 1. The molecule has 2 unspecified atom stereocenters. The summed E-state index contributed by atoms with van der Waals surface area (Å²) in [5.41, 5.74) is 3.25. The number of pyridine rings is 1. The van der Waals surface area contributed by atoms with E-state index in [9.17, 15) is 4.79 Å². The number of aryl methyl sites for hydroxylation is 1. The number of hydrogen-bond acceptors (Lipinski definition) is 4. The number of hydrogen-bond donors (Lipinski definition) is 0. The Morgan fingerprint density at radius 1 is 1.30 bits per heavy atom. The maximum absolute atomic E-state index is 12.1. The second-order valence-electron chi connectivity index (χ2n) is 5.56. The summed E-state index contributed by atoms with van der Waals surface area (Å²) in [7, 11) is 2.08. The lowest BCUT2D eigenvalue weighted by molar-refractivity contribution is -0.123. The SMILES string of the molecule is Cc1cccnc1C1CC(=O)CC(C2=NC=CC2)N1C. The second-order valence-corrected chi connectivity index (χ2v) is 5.56. The van der Waals surface area contributed by atoms with Gasteiger partial charge in [0.1, 0.15) is 5.78 Å². The number of ketones is 1. The van der Waals surface area contributed by atoms with Crippen LogP contribution >= 0.6 is 0 Å². The largest absolute Gasteiger partial charge is 0.300 e. The van der Waals surface area contributed by atoms with E-state index >= 15 is 0 Å². The Morgan fingerprint density at radius 2 is 2.10 bits per heavy atom. The van der Waals surface area contributed by atoms with Crippen LogP contribution in [0.3, 0.4) is 0 Å². The maximum Gasteiger partial charge on any atom is 0.136 e. The first-order valence-corrected chi connectivity index (χ1v) is 7.03. The summed E-state index contributed by atoms with van der Waals surface area (Å²) in [6.45, 7) is 2.05. The van der Waals surface area contributed by atoms with Crippen molar-refractivity contribution in [3.05, 3.63) is 41.9 Å². The first kappa shape index (κ1) is 13.2. The molecule has 1 fully saturated rings. The van der Waals surface area contributed by atoms with Gasteiger partial charge < -0.3 is 0 Å². The molecule has 1 aromatic rings. The van der Waals surface area contributed by atoms with Gasteiger partial charge in [0, 0.05) is 37.4 Å². The third kappa shape index (κ3) is 2.31. The van der Waals surface area contributed by atoms with Crippen LogP contribution in [0, 0.1) is 6.92 Å². The van der Waals surface area contributed by atoms with Crippen molar-refractivity contribution in [2.75, 3.05) is 7.05 Å². The summed E-state index contributed by atoms with van der Waals surface area (Å²) in [5, 5.41) is 0. The fraction of sp³-hybridized carbons (Fsp3) is 0.438. The molecule has 3 rings (SSSR count). The summed E-state index contributed by atoms with van der Waals surface area (Å²) < 4.78 is 0. The molecule has 20 heavy (non-hydrogen) atoms. The number of nitrogens with zero attached hydrogens (tertiary/aromatic N) is 3. The van der Waals surface area contributed by atoms with Crippen LogP contribution in [0.2, 0.25) is 0 Å². The van der Waals surface area contributed by atoms with Crippen molar-refractivity contribution in [2.45, 2.75) is 38.3 Å². The molecule has 0 bridgehead atoms. The Balaban J connectivity index is 1.91. The van der Waals surface area contributed by atoms with Crippen LogP contribution in [0.25, 0.3) is 0 Å². The predicted molar refractivity (Wildman–Crippen MR) is 78.7 cm³/mol. The number of aliphatic imine (C=N–C) groups is 1. The highest BCUT2D eigenvalue weighted by atomic mass is 16.1. The third-order valence-electron chi connectivity index (χ3n) is 4.25. The zero-order valence-corrected chi connectivity index (χ0v) is 11.9. The van der Waals surface area contributed by atoms with Gasteiger partial charge >= 0.3 is 0 Å². The fourth-order valence-corrected chi connectivity index (χ4v) is 3.11. The molecule has 0 spiro atoms. The molecule has 2 atom stereocenters. The van der Waals surface area contributed by atoms with Crippen LogP contribution < -0.4 is 0 Å². The van der Waals surface area contributed by atoms with E-state index in [4.69, 9.17) is 0 Å². The van der Waals surface area contributed by atoms with Crippen molar-refractivity contribution in [3.8, 4) is 0 Å². The van der Waals surface area contributed by atoms with Gasteiger partial charge in [-0.2, -0.15) is 0 Å². The Morgan fingerprint density at radius 3 is 2.80 bits per heavy atom. The van der Waals surface area contributed by atoms with Crippen molar-refractivity contribution in [1.82, 2.24) is 9.88 Å². The first-order chi connectivity index (χ1) is 9.66. The first-order valence-electron chi connectivity index (χ1n) is 7.03. The van der Waals surface area contributed by atoms with Crippen LogP contribution in [0.1, 0.15) is 36.6 Å². The van der Waals surface area contributed by atoms with Crippen LogP contribution in [0.15, 0.2) is 35.6 Å². The molecular weight excluding hydrogens is 250 g/mol. The minimum atomic E-state index is 0.0609. The van der Waals surface area contributed by atoms with E-state index in [1.807, 2.05) is 18.3 Å². The Kier molecular flexibility index (Phi) is 3.49. The monoisotopic (exact) mass is 269 g/mol. The molecule has 0 radical (unpaired) electrons. The molecule has 2 aliphatic rings. The predicted octanol–water partition coefficient (Wildman–Crippen LogP) is 2.45. The molecule has 1 aromatic heterocycles. The van der Waals surface area contributed by atoms with Gasteiger partial charge in [-0.3, -0.25) is 19.7 Å². The average Bonchev–Trinajstić information content (AvgIpc) is 2.96. The van der Waals surface area contributed by atoms with Crippen molar-refractivity contribution in [1.29, 1.82) is 0 Å². The summed E-state index contributed by atoms with van der Waals surface area (Å²) >= 11 is 0. The van der Waals surface area contributed by atoms with Crippen LogP contribution in [-0.2, 0) is 4.79 Å². The molecule has 4 nitrogen and oxygen atoms in total. The van der Waals surface area contributed by atoms with Crippen molar-refractivity contribution < 1.29 is 4.79 Å². The lowest BCUT2D eigenvalue weighted by Crippen LogP contribution is -2.46. The van der Waals surface area contributed by atoms with Gasteiger partial charge in [-0.15, -0.1) is 0 Å². The number of allylic oxidation sites excluding steroid dienone is 1. The summed E-state index contributed by atoms with van der Waals surface area (Å²) in [6, 6.07) is 4.16. The van der Waals surface area contributed by atoms with Gasteiger partial charge in [0.2, 0.25) is 0 Å². The minimum Gasteiger partial charge on any atom is -0.300 e. The molecule has 0 amide bonds. The Labute approximate surface area is 119 Å². The van der Waals surface area contributed by atoms with E-state index in [0.29, 0.717) is 18.6 Å². The van der Waals surface area contributed by atoms with E-state index in [-0.39, 0.29) is 12.1 Å². The number of rotatable bonds is 2. The van der Waals surface area contributed by atoms with E-state index in [2.05, 4.69) is 34.9 Å². The molecule has 4 heteroatoms. The lowest BCUT2D eigenvalue weighted by Gasteiger charge is -2.39. The normalized spacial score (nSPS) is 26.9. The van der Waals surface area contributed by atoms with Crippen molar-refractivity contribution in [3.63, 3.8) is 0 Å². The van der Waals surface area contributed by atoms with Gasteiger partial charge in [0.05, 0.1) is 17.8 Å². The third-order valence-corrected chi connectivity index (χ3v) is 4.25. The summed E-state index contributed by atoms with van der Waals surface area (Å²) in [5.74, 6) is 0.303. The summed E-state index contributed by atoms with van der Waals surface area (Å²) in [6.07, 6.45) is 7.66. The van der Waals surface area contributed by atoms with Gasteiger partial charge in [-0.25, -0.2) is 0 Å². The maximum atomic E-state index is 12.1. The highest BCUT2D eigenvalue weighted by Gasteiger charge is 2.36. The second kappa shape index (κ2) is 5.29. The highest BCUT2D eigenvalue weighted by Crippen LogP contribution is 2.33. The molecule has 0 saturated carbocycles. The van der Waals surface area contributed by atoms with Gasteiger partial charge in [0.25, 0.3) is 0 Å². The van der Waals surface area contributed by atoms with Crippen LogP contribution in [0.5, 0.6) is 0 Å². The van der Waals surface area contributed by atoms with Gasteiger partial charge in [-0.05, 0) is 25.6 Å². The number of Topliss-reactive ketones (excluding diaryl/α,β-unsaturated/α-hetero) is 1. The topological polar surface area (TPSA) is 45.6 Å². The number of aromatic nitrogens is 1. The molecule has 2 aliphatic heterocycles. The lowest BCUT2D eigenvalue weighted by atomic mass is 9.88. The zero-order chi connectivity index (χ0) is 14.1. The van der Waals surface area contributed by atoms with Crippen LogP contribution in [0.4, 0.5) is 0 Å². The zero-order valence-electron chi connectivity index (χ0n) is 11.9. The molecule has 0 N–H and O–H groups in total. The molecule has 0 aromatic carbocycles. The average molecular weight is 269 g/mol.